The van der Waals surface area contributed by atoms with Crippen molar-refractivity contribution < 1.29 is 9.90 Å². The van der Waals surface area contributed by atoms with E-state index in [4.69, 9.17) is 0 Å². The highest BCUT2D eigenvalue weighted by Gasteiger charge is 2.32. The summed E-state index contributed by atoms with van der Waals surface area (Å²) in [5.74, 6) is -0.154. The van der Waals surface area contributed by atoms with Crippen LogP contribution in [0.25, 0.3) is 0 Å². The number of rotatable bonds is 4. The van der Waals surface area contributed by atoms with E-state index >= 15 is 0 Å². The molecule has 1 rings (SSSR count). The van der Waals surface area contributed by atoms with Crippen molar-refractivity contribution >= 4 is 17.1 Å². The van der Waals surface area contributed by atoms with Crippen molar-refractivity contribution in [3.05, 3.63) is 22.4 Å². The second kappa shape index (κ2) is 4.03. The zero-order valence-electron chi connectivity index (χ0n) is 7.91. The Morgan fingerprint density at radius 3 is 2.54 bits per heavy atom. The fourth-order valence-corrected chi connectivity index (χ4v) is 1.87. The Hall–Kier alpha value is -0.670. The van der Waals surface area contributed by atoms with Crippen LogP contribution in [0.5, 0.6) is 0 Å². The molecule has 72 valence electrons. The number of Topliss-reactive ketones (excluding diaryl/α,β-unsaturated/α-hetero) is 1. The smallest absolute Gasteiger partial charge is 0.195 e. The number of hydrogen-bond acceptors (Lipinski definition) is 3. The van der Waals surface area contributed by atoms with Crippen molar-refractivity contribution in [1.82, 2.24) is 0 Å². The van der Waals surface area contributed by atoms with E-state index in [1.807, 2.05) is 19.2 Å². The van der Waals surface area contributed by atoms with E-state index in [1.165, 1.54) is 11.3 Å². The van der Waals surface area contributed by atoms with Crippen LogP contribution >= 0.6 is 11.3 Å². The fraction of sp³-hybridized carbons (Fsp3) is 0.500. The molecule has 1 N–H and O–H groups in total. The molecule has 1 aromatic rings. The predicted molar refractivity (Wildman–Crippen MR) is 54.2 cm³/mol. The molecule has 0 bridgehead atoms. The minimum atomic E-state index is -1.17. The van der Waals surface area contributed by atoms with Crippen LogP contribution in [0.2, 0.25) is 0 Å². The van der Waals surface area contributed by atoms with Gasteiger partial charge in [0.2, 0.25) is 0 Å². The van der Waals surface area contributed by atoms with E-state index in [-0.39, 0.29) is 5.78 Å². The number of ketones is 1. The van der Waals surface area contributed by atoms with Crippen LogP contribution < -0.4 is 0 Å². The summed E-state index contributed by atoms with van der Waals surface area (Å²) in [4.78, 5) is 11.7. The molecule has 1 aromatic heterocycles. The lowest BCUT2D eigenvalue weighted by molar-refractivity contribution is 0.0278. The first-order valence-electron chi connectivity index (χ1n) is 4.43. The molecule has 0 saturated carbocycles. The highest BCUT2D eigenvalue weighted by Crippen LogP contribution is 2.22. The van der Waals surface area contributed by atoms with Crippen LogP contribution in [0.15, 0.2) is 16.8 Å². The van der Waals surface area contributed by atoms with Crippen LogP contribution in [0.1, 0.15) is 37.0 Å². The molecule has 0 unspecified atom stereocenters. The molecular weight excluding hydrogens is 184 g/mol. The molecule has 0 saturated heterocycles. The second-order valence-electron chi connectivity index (χ2n) is 3.08. The Balaban J connectivity index is 2.89. The van der Waals surface area contributed by atoms with Gasteiger partial charge in [-0.05, 0) is 24.3 Å². The van der Waals surface area contributed by atoms with E-state index in [0.29, 0.717) is 18.4 Å². The van der Waals surface area contributed by atoms with Crippen LogP contribution in [0.3, 0.4) is 0 Å². The van der Waals surface area contributed by atoms with Crippen LogP contribution in [0.4, 0.5) is 0 Å². The zero-order chi connectivity index (χ0) is 9.90. The van der Waals surface area contributed by atoms with Crippen molar-refractivity contribution in [2.45, 2.75) is 32.3 Å². The minimum absolute atomic E-state index is 0.154. The van der Waals surface area contributed by atoms with Crippen LogP contribution in [-0.4, -0.2) is 16.5 Å². The third kappa shape index (κ3) is 1.98. The maximum Gasteiger partial charge on any atom is 0.195 e. The van der Waals surface area contributed by atoms with Gasteiger partial charge < -0.3 is 5.11 Å². The molecule has 1 heterocycles. The van der Waals surface area contributed by atoms with Gasteiger partial charge in [0.15, 0.2) is 5.78 Å². The topological polar surface area (TPSA) is 37.3 Å². The lowest BCUT2D eigenvalue weighted by atomic mass is 9.89. The molecule has 0 aliphatic heterocycles. The highest BCUT2D eigenvalue weighted by atomic mass is 32.1. The summed E-state index contributed by atoms with van der Waals surface area (Å²) in [7, 11) is 0. The van der Waals surface area contributed by atoms with Crippen molar-refractivity contribution in [3.63, 3.8) is 0 Å². The molecule has 0 fully saturated rings. The van der Waals surface area contributed by atoms with Gasteiger partial charge in [-0.3, -0.25) is 4.79 Å². The number of thiophene rings is 1. The number of carbonyl (C=O) groups excluding carboxylic acids is 1. The van der Waals surface area contributed by atoms with E-state index < -0.39 is 5.60 Å². The van der Waals surface area contributed by atoms with E-state index in [2.05, 4.69) is 0 Å². The second-order valence-corrected chi connectivity index (χ2v) is 3.86. The van der Waals surface area contributed by atoms with Crippen molar-refractivity contribution in [1.29, 1.82) is 0 Å². The molecule has 0 aromatic carbocycles. The van der Waals surface area contributed by atoms with Crippen LogP contribution in [-0.2, 0) is 0 Å². The molecule has 3 heteroatoms. The van der Waals surface area contributed by atoms with Crippen molar-refractivity contribution in [2.24, 2.45) is 0 Å². The molecule has 0 aliphatic carbocycles. The summed E-state index contributed by atoms with van der Waals surface area (Å²) in [6.45, 7) is 3.65. The number of aliphatic hydroxyl groups is 1. The molecule has 0 atom stereocenters. The Bertz CT molecular complexity index is 273. The number of carbonyl (C=O) groups is 1. The average Bonchev–Trinajstić information content (AvgIpc) is 2.68. The summed E-state index contributed by atoms with van der Waals surface area (Å²) in [5.41, 5.74) is -0.544. The minimum Gasteiger partial charge on any atom is -0.382 e. The molecule has 0 radical (unpaired) electrons. The maximum atomic E-state index is 11.7. The van der Waals surface area contributed by atoms with Crippen molar-refractivity contribution in [3.8, 4) is 0 Å². The van der Waals surface area contributed by atoms with Gasteiger partial charge in [0.1, 0.15) is 5.60 Å². The van der Waals surface area contributed by atoms with Gasteiger partial charge >= 0.3 is 0 Å². The first-order valence-corrected chi connectivity index (χ1v) is 5.37. The predicted octanol–water partition coefficient (Wildman–Crippen LogP) is 2.48. The summed E-state index contributed by atoms with van der Waals surface area (Å²) >= 11 is 1.47. The van der Waals surface area contributed by atoms with Gasteiger partial charge in [-0.15, -0.1) is 0 Å². The Morgan fingerprint density at radius 1 is 1.54 bits per heavy atom. The monoisotopic (exact) mass is 198 g/mol. The Morgan fingerprint density at radius 2 is 2.15 bits per heavy atom. The third-order valence-electron chi connectivity index (χ3n) is 2.38. The third-order valence-corrected chi connectivity index (χ3v) is 3.06. The first-order chi connectivity index (χ1) is 6.14. The lowest BCUT2D eigenvalue weighted by Crippen LogP contribution is -2.36. The van der Waals surface area contributed by atoms with E-state index in [9.17, 15) is 9.90 Å². The molecule has 0 spiro atoms. The largest absolute Gasteiger partial charge is 0.382 e. The van der Waals surface area contributed by atoms with Gasteiger partial charge in [0.25, 0.3) is 0 Å². The van der Waals surface area contributed by atoms with Crippen LogP contribution in [0, 0.1) is 0 Å². The summed E-state index contributed by atoms with van der Waals surface area (Å²) in [6, 6.07) is 1.75. The standard InChI is InChI=1S/C10H14O2S/c1-3-10(12,4-2)9(11)8-5-6-13-7-8/h5-7,12H,3-4H2,1-2H3. The quantitative estimate of drug-likeness (QED) is 0.755. The fourth-order valence-electron chi connectivity index (χ4n) is 1.23. The van der Waals surface area contributed by atoms with Crippen molar-refractivity contribution in [2.75, 3.05) is 0 Å². The molecule has 13 heavy (non-hydrogen) atoms. The van der Waals surface area contributed by atoms with Gasteiger partial charge in [-0.1, -0.05) is 13.8 Å². The van der Waals surface area contributed by atoms with Gasteiger partial charge in [-0.25, -0.2) is 0 Å². The molecule has 0 aliphatic rings. The highest BCUT2D eigenvalue weighted by molar-refractivity contribution is 7.08. The normalized spacial score (nSPS) is 11.6. The molecular formula is C10H14O2S. The summed E-state index contributed by atoms with van der Waals surface area (Å²) in [5, 5.41) is 13.5. The average molecular weight is 198 g/mol. The lowest BCUT2D eigenvalue weighted by Gasteiger charge is -2.22. The SMILES string of the molecule is CCC(O)(CC)C(=O)c1ccsc1. The molecule has 2 nitrogen and oxygen atoms in total. The summed E-state index contributed by atoms with van der Waals surface area (Å²) < 4.78 is 0. The van der Waals surface area contributed by atoms with Gasteiger partial charge in [0.05, 0.1) is 0 Å². The zero-order valence-corrected chi connectivity index (χ0v) is 8.73. The van der Waals surface area contributed by atoms with Gasteiger partial charge in [0, 0.05) is 10.9 Å². The van der Waals surface area contributed by atoms with E-state index in [1.54, 1.807) is 11.4 Å². The number of hydrogen-bond donors (Lipinski definition) is 1. The van der Waals surface area contributed by atoms with Gasteiger partial charge in [-0.2, -0.15) is 11.3 Å². The maximum absolute atomic E-state index is 11.7. The Kier molecular flexibility index (Phi) is 3.22. The summed E-state index contributed by atoms with van der Waals surface area (Å²) in [6.07, 6.45) is 0.941. The Labute approximate surface area is 82.2 Å². The molecule has 0 amide bonds. The first kappa shape index (κ1) is 10.4. The van der Waals surface area contributed by atoms with E-state index in [0.717, 1.165) is 0 Å².